The van der Waals surface area contributed by atoms with Crippen molar-refractivity contribution in [2.75, 3.05) is 16.8 Å². The summed E-state index contributed by atoms with van der Waals surface area (Å²) in [6.07, 6.45) is -0.640. The smallest absolute Gasteiger partial charge is 0.268 e. The zero-order valence-electron chi connectivity index (χ0n) is 14.5. The molecule has 0 spiro atoms. The number of rotatable bonds is 4. The summed E-state index contributed by atoms with van der Waals surface area (Å²) in [6, 6.07) is 16.8. The van der Waals surface area contributed by atoms with E-state index >= 15 is 0 Å². The molecule has 1 aliphatic rings. The van der Waals surface area contributed by atoms with Crippen molar-refractivity contribution < 1.29 is 14.3 Å². The summed E-state index contributed by atoms with van der Waals surface area (Å²) in [4.78, 5) is 26.4. The monoisotopic (exact) mass is 380 g/mol. The van der Waals surface area contributed by atoms with Crippen molar-refractivity contribution in [2.45, 2.75) is 13.0 Å². The summed E-state index contributed by atoms with van der Waals surface area (Å²) in [5.41, 5.74) is 1.51. The van der Waals surface area contributed by atoms with Gasteiger partial charge in [-0.2, -0.15) is 0 Å². The third-order valence-corrected chi connectivity index (χ3v) is 4.96. The number of nitrogens with zero attached hydrogens (tertiary/aromatic N) is 3. The lowest BCUT2D eigenvalue weighted by Crippen LogP contribution is -2.47. The van der Waals surface area contributed by atoms with Crippen LogP contribution in [0.2, 0.25) is 0 Å². The van der Waals surface area contributed by atoms with E-state index in [1.807, 2.05) is 36.4 Å². The van der Waals surface area contributed by atoms with Gasteiger partial charge in [-0.15, -0.1) is 10.2 Å². The van der Waals surface area contributed by atoms with Crippen LogP contribution in [0.3, 0.4) is 0 Å². The molecule has 4 rings (SSSR count). The van der Waals surface area contributed by atoms with E-state index in [2.05, 4.69) is 15.5 Å². The van der Waals surface area contributed by atoms with E-state index in [4.69, 9.17) is 4.74 Å². The first-order chi connectivity index (χ1) is 13.1. The lowest BCUT2D eigenvalue weighted by molar-refractivity contribution is -0.127. The average molecular weight is 380 g/mol. The highest BCUT2D eigenvalue weighted by atomic mass is 32.1. The second-order valence-electron chi connectivity index (χ2n) is 5.98. The van der Waals surface area contributed by atoms with Crippen LogP contribution in [0.5, 0.6) is 5.75 Å². The Balaban J connectivity index is 1.48. The molecule has 7 nitrogen and oxygen atoms in total. The van der Waals surface area contributed by atoms with Gasteiger partial charge >= 0.3 is 0 Å². The molecule has 1 N–H and O–H groups in total. The van der Waals surface area contributed by atoms with Gasteiger partial charge in [-0.25, -0.2) is 0 Å². The maximum absolute atomic E-state index is 12.5. The molecule has 3 aromatic rings. The zero-order chi connectivity index (χ0) is 18.8. The van der Waals surface area contributed by atoms with Crippen LogP contribution in [0.1, 0.15) is 6.92 Å². The predicted molar refractivity (Wildman–Crippen MR) is 103 cm³/mol. The second kappa shape index (κ2) is 7.16. The molecule has 136 valence electrons. The highest BCUT2D eigenvalue weighted by molar-refractivity contribution is 7.18. The number of carbonyl (C=O) groups excluding carboxylic acids is 2. The molecular weight excluding hydrogens is 364 g/mol. The number of ether oxygens (including phenoxy) is 1. The van der Waals surface area contributed by atoms with Gasteiger partial charge in [0.05, 0.1) is 5.69 Å². The van der Waals surface area contributed by atoms with Crippen molar-refractivity contribution in [1.29, 1.82) is 0 Å². The molecule has 8 heteroatoms. The van der Waals surface area contributed by atoms with Crippen molar-refractivity contribution >= 4 is 34.0 Å². The maximum Gasteiger partial charge on any atom is 0.268 e. The second-order valence-corrected chi connectivity index (χ2v) is 6.96. The maximum atomic E-state index is 12.5. The Bertz CT molecular complexity index is 989. The first kappa shape index (κ1) is 17.2. The minimum Gasteiger partial charge on any atom is -0.479 e. The molecule has 0 fully saturated rings. The molecule has 2 amide bonds. The molecule has 1 aliphatic heterocycles. The van der Waals surface area contributed by atoms with E-state index in [1.54, 1.807) is 25.1 Å². The van der Waals surface area contributed by atoms with Gasteiger partial charge in [0.1, 0.15) is 17.3 Å². The summed E-state index contributed by atoms with van der Waals surface area (Å²) in [6.45, 7) is 1.55. The van der Waals surface area contributed by atoms with Crippen LogP contribution in [-0.4, -0.2) is 34.7 Å². The van der Waals surface area contributed by atoms with Crippen LogP contribution in [0.25, 0.3) is 10.6 Å². The number of fused-ring (bicyclic) bond motifs is 1. The van der Waals surface area contributed by atoms with Crippen LogP contribution in [-0.2, 0) is 9.59 Å². The van der Waals surface area contributed by atoms with Crippen LogP contribution < -0.4 is 15.0 Å². The van der Waals surface area contributed by atoms with E-state index in [1.165, 1.54) is 16.2 Å². The van der Waals surface area contributed by atoms with Gasteiger partial charge in [-0.1, -0.05) is 53.8 Å². The van der Waals surface area contributed by atoms with Crippen LogP contribution in [0, 0.1) is 0 Å². The first-order valence-electron chi connectivity index (χ1n) is 8.37. The number of amides is 2. The van der Waals surface area contributed by atoms with E-state index in [9.17, 15) is 9.59 Å². The summed E-state index contributed by atoms with van der Waals surface area (Å²) in [5.74, 6) is -0.0196. The standard InChI is InChI=1S/C19H16N4O3S/c1-12-18(25)23(14-9-5-6-10-15(14)26-12)11-16(24)20-19-22-21-17(27-19)13-7-3-2-4-8-13/h2-10,12H,11H2,1H3,(H,20,22,24). The summed E-state index contributed by atoms with van der Waals surface area (Å²) >= 11 is 1.28. The lowest BCUT2D eigenvalue weighted by atomic mass is 10.2. The predicted octanol–water partition coefficient (Wildman–Crippen LogP) is 2.96. The van der Waals surface area contributed by atoms with Crippen LogP contribution in [0.4, 0.5) is 10.8 Å². The fourth-order valence-corrected chi connectivity index (χ4v) is 3.56. The van der Waals surface area contributed by atoms with Crippen LogP contribution in [0.15, 0.2) is 54.6 Å². The van der Waals surface area contributed by atoms with E-state index in [-0.39, 0.29) is 18.4 Å². The Kier molecular flexibility index (Phi) is 4.55. The highest BCUT2D eigenvalue weighted by Crippen LogP contribution is 2.33. The molecule has 2 heterocycles. The summed E-state index contributed by atoms with van der Waals surface area (Å²) in [7, 11) is 0. The van der Waals surface area contributed by atoms with Gasteiger partial charge < -0.3 is 4.74 Å². The molecule has 1 unspecified atom stereocenters. The van der Waals surface area contributed by atoms with E-state index < -0.39 is 6.10 Å². The van der Waals surface area contributed by atoms with E-state index in [0.29, 0.717) is 21.6 Å². The molecule has 0 saturated carbocycles. The van der Waals surface area contributed by atoms with Crippen molar-refractivity contribution in [2.24, 2.45) is 0 Å². The number of hydrogen-bond donors (Lipinski definition) is 1. The van der Waals surface area contributed by atoms with Gasteiger partial charge in [0.2, 0.25) is 11.0 Å². The molecule has 27 heavy (non-hydrogen) atoms. The number of para-hydroxylation sites is 2. The molecule has 1 atom stereocenters. The SMILES string of the molecule is CC1Oc2ccccc2N(CC(=O)Nc2nnc(-c3ccccc3)s2)C1=O. The summed E-state index contributed by atoms with van der Waals surface area (Å²) in [5, 5.41) is 11.9. The zero-order valence-corrected chi connectivity index (χ0v) is 15.3. The molecule has 2 aromatic carbocycles. The fourth-order valence-electron chi connectivity index (χ4n) is 2.80. The number of carbonyl (C=O) groups is 2. The average Bonchev–Trinajstić information content (AvgIpc) is 3.14. The third-order valence-electron chi connectivity index (χ3n) is 4.07. The number of benzene rings is 2. The molecule has 1 aromatic heterocycles. The largest absolute Gasteiger partial charge is 0.479 e. The first-order valence-corrected chi connectivity index (χ1v) is 9.19. The quantitative estimate of drug-likeness (QED) is 0.752. The molecular formula is C19H16N4O3S. The Morgan fingerprint density at radius 1 is 1.15 bits per heavy atom. The number of hydrogen-bond acceptors (Lipinski definition) is 6. The normalized spacial score (nSPS) is 15.8. The number of nitrogens with one attached hydrogen (secondary N) is 1. The van der Waals surface area contributed by atoms with Gasteiger partial charge in [-0.3, -0.25) is 19.8 Å². The highest BCUT2D eigenvalue weighted by Gasteiger charge is 2.32. The summed E-state index contributed by atoms with van der Waals surface area (Å²) < 4.78 is 5.58. The minimum absolute atomic E-state index is 0.121. The van der Waals surface area contributed by atoms with Crippen molar-refractivity contribution in [3.63, 3.8) is 0 Å². The third kappa shape index (κ3) is 3.52. The Hall–Kier alpha value is -3.26. The van der Waals surface area contributed by atoms with E-state index in [0.717, 1.165) is 5.56 Å². The van der Waals surface area contributed by atoms with Crippen molar-refractivity contribution in [1.82, 2.24) is 10.2 Å². The molecule has 0 radical (unpaired) electrons. The Morgan fingerprint density at radius 2 is 1.89 bits per heavy atom. The van der Waals surface area contributed by atoms with Crippen LogP contribution >= 0.6 is 11.3 Å². The number of anilines is 2. The van der Waals surface area contributed by atoms with Gasteiger partial charge in [0, 0.05) is 5.56 Å². The fraction of sp³-hybridized carbons (Fsp3) is 0.158. The van der Waals surface area contributed by atoms with Crippen molar-refractivity contribution in [3.8, 4) is 16.3 Å². The molecule has 0 bridgehead atoms. The molecule has 0 aliphatic carbocycles. The molecule has 0 saturated heterocycles. The van der Waals surface area contributed by atoms with Gasteiger partial charge in [-0.05, 0) is 19.1 Å². The van der Waals surface area contributed by atoms with Gasteiger partial charge in [0.25, 0.3) is 5.91 Å². The lowest BCUT2D eigenvalue weighted by Gasteiger charge is -2.32. The van der Waals surface area contributed by atoms with Crippen molar-refractivity contribution in [3.05, 3.63) is 54.6 Å². The topological polar surface area (TPSA) is 84.4 Å². The Labute approximate surface area is 159 Å². The minimum atomic E-state index is -0.640. The Morgan fingerprint density at radius 3 is 2.70 bits per heavy atom. The number of aromatic nitrogens is 2. The van der Waals surface area contributed by atoms with Gasteiger partial charge in [0.15, 0.2) is 6.10 Å².